The summed E-state index contributed by atoms with van der Waals surface area (Å²) in [6.45, 7) is 4.79. The molecule has 0 aliphatic carbocycles. The third-order valence-electron chi connectivity index (χ3n) is 3.32. The normalized spacial score (nSPS) is 31.0. The molecule has 1 saturated heterocycles. The van der Waals surface area contributed by atoms with Crippen molar-refractivity contribution in [3.8, 4) is 0 Å². The van der Waals surface area contributed by atoms with E-state index < -0.39 is 53.4 Å². The molecular weight excluding hydrogens is 372 g/mol. The molecule has 0 amide bonds. The van der Waals surface area contributed by atoms with Crippen LogP contribution in [0.15, 0.2) is 0 Å². The Balaban J connectivity index is 3.20. The van der Waals surface area contributed by atoms with Crippen molar-refractivity contribution < 1.29 is 48.3 Å². The zero-order chi connectivity index (χ0) is 20.1. The largest absolute Gasteiger partial charge is 0.481 e. The van der Waals surface area contributed by atoms with Crippen LogP contribution in [-0.2, 0) is 38.1 Å². The summed E-state index contributed by atoms with van der Waals surface area (Å²) in [6.07, 6.45) is -5.24. The van der Waals surface area contributed by atoms with Crippen LogP contribution in [0.3, 0.4) is 0 Å². The Hall–Kier alpha value is -1.85. The SMILES string of the molecule is CC(=O)O[C@@H]1[C@H](OC(C)=O)[C@H](C)O[C@](O)(SCCC(=O)O)[C@H]1OC(C)=O. The van der Waals surface area contributed by atoms with Gasteiger partial charge in [-0.3, -0.25) is 19.2 Å². The molecule has 0 aromatic carbocycles. The monoisotopic (exact) mass is 394 g/mol. The van der Waals surface area contributed by atoms with Gasteiger partial charge in [-0.2, -0.15) is 0 Å². The van der Waals surface area contributed by atoms with Gasteiger partial charge in [0.1, 0.15) is 0 Å². The van der Waals surface area contributed by atoms with Crippen molar-refractivity contribution in [2.75, 3.05) is 5.75 Å². The van der Waals surface area contributed by atoms with Crippen LogP contribution in [-0.4, -0.2) is 69.4 Å². The van der Waals surface area contributed by atoms with Crippen LogP contribution < -0.4 is 0 Å². The number of aliphatic hydroxyl groups is 1. The molecule has 26 heavy (non-hydrogen) atoms. The number of carbonyl (C=O) groups excluding carboxylic acids is 3. The average molecular weight is 394 g/mol. The second-order valence-corrected chi connectivity index (χ2v) is 6.91. The van der Waals surface area contributed by atoms with Crippen LogP contribution in [0.1, 0.15) is 34.1 Å². The first kappa shape index (κ1) is 22.2. The predicted molar refractivity (Wildman–Crippen MR) is 86.9 cm³/mol. The van der Waals surface area contributed by atoms with Crippen LogP contribution in [0.5, 0.6) is 0 Å². The van der Waals surface area contributed by atoms with Gasteiger partial charge in [0.25, 0.3) is 5.12 Å². The number of esters is 3. The summed E-state index contributed by atoms with van der Waals surface area (Å²) in [4.78, 5) is 45.0. The van der Waals surface area contributed by atoms with E-state index in [9.17, 15) is 24.3 Å². The van der Waals surface area contributed by atoms with Crippen LogP contribution in [0.25, 0.3) is 0 Å². The molecule has 2 N–H and O–H groups in total. The zero-order valence-corrected chi connectivity index (χ0v) is 15.6. The molecule has 0 spiro atoms. The van der Waals surface area contributed by atoms with E-state index in [2.05, 4.69) is 0 Å². The Kier molecular flexibility index (Phi) is 7.85. The lowest BCUT2D eigenvalue weighted by Crippen LogP contribution is -2.65. The van der Waals surface area contributed by atoms with E-state index >= 15 is 0 Å². The standard InChI is InChI=1S/C15H22O10S/c1-7-12(22-8(2)16)13(23-9(3)17)14(24-10(4)18)15(21,25-7)26-6-5-11(19)20/h7,12-14,21H,5-6H2,1-4H3,(H,19,20)/t7-,12+,13+,14-,15-/m0/s1. The Morgan fingerprint density at radius 1 is 1.00 bits per heavy atom. The Morgan fingerprint density at radius 3 is 1.96 bits per heavy atom. The van der Waals surface area contributed by atoms with E-state index in [4.69, 9.17) is 24.1 Å². The molecule has 1 fully saturated rings. The fraction of sp³-hybridized carbons (Fsp3) is 0.733. The summed E-state index contributed by atoms with van der Waals surface area (Å²) < 4.78 is 20.8. The smallest absolute Gasteiger partial charge is 0.304 e. The first-order valence-corrected chi connectivity index (χ1v) is 8.72. The predicted octanol–water partition coefficient (Wildman–Crippen LogP) is 0.0542. The van der Waals surface area contributed by atoms with Crippen molar-refractivity contribution in [2.24, 2.45) is 0 Å². The lowest BCUT2D eigenvalue weighted by molar-refractivity contribution is -0.304. The van der Waals surface area contributed by atoms with E-state index in [-0.39, 0.29) is 12.2 Å². The highest BCUT2D eigenvalue weighted by molar-refractivity contribution is 8.00. The highest BCUT2D eigenvalue weighted by Crippen LogP contribution is 2.41. The van der Waals surface area contributed by atoms with Crippen molar-refractivity contribution >= 4 is 35.6 Å². The van der Waals surface area contributed by atoms with Crippen LogP contribution in [0.4, 0.5) is 0 Å². The lowest BCUT2D eigenvalue weighted by atomic mass is 9.98. The number of carbonyl (C=O) groups is 4. The minimum absolute atomic E-state index is 0.0681. The second kappa shape index (κ2) is 9.19. The number of carboxylic acids is 1. The molecule has 1 aliphatic rings. The summed E-state index contributed by atoms with van der Waals surface area (Å²) in [5, 5.41) is 17.4. The van der Waals surface area contributed by atoms with E-state index in [0.29, 0.717) is 11.8 Å². The summed E-state index contributed by atoms with van der Waals surface area (Å²) in [5.74, 6) is -3.40. The van der Waals surface area contributed by atoms with Gasteiger partial charge < -0.3 is 29.2 Å². The van der Waals surface area contributed by atoms with Crippen LogP contribution >= 0.6 is 11.8 Å². The van der Waals surface area contributed by atoms with Crippen molar-refractivity contribution in [2.45, 2.75) is 63.7 Å². The first-order valence-electron chi connectivity index (χ1n) is 7.74. The molecule has 0 aromatic heterocycles. The number of hydrogen-bond acceptors (Lipinski definition) is 10. The Bertz CT molecular complexity index is 565. The van der Waals surface area contributed by atoms with Gasteiger partial charge in [0.15, 0.2) is 12.2 Å². The van der Waals surface area contributed by atoms with Gasteiger partial charge in [-0.1, -0.05) is 11.8 Å². The Morgan fingerprint density at radius 2 is 1.50 bits per heavy atom. The second-order valence-electron chi connectivity index (χ2n) is 5.62. The molecule has 148 valence electrons. The lowest BCUT2D eigenvalue weighted by Gasteiger charge is -2.47. The maximum absolute atomic E-state index is 11.5. The van der Waals surface area contributed by atoms with Crippen molar-refractivity contribution in [3.05, 3.63) is 0 Å². The third-order valence-corrected chi connectivity index (χ3v) is 4.47. The van der Waals surface area contributed by atoms with Crippen molar-refractivity contribution in [1.29, 1.82) is 0 Å². The molecule has 0 unspecified atom stereocenters. The van der Waals surface area contributed by atoms with Gasteiger partial charge in [0.2, 0.25) is 6.10 Å². The van der Waals surface area contributed by atoms with E-state index in [1.54, 1.807) is 0 Å². The number of ether oxygens (including phenoxy) is 4. The van der Waals surface area contributed by atoms with Gasteiger partial charge in [-0.25, -0.2) is 0 Å². The van der Waals surface area contributed by atoms with E-state index in [1.807, 2.05) is 0 Å². The molecule has 0 radical (unpaired) electrons. The van der Waals surface area contributed by atoms with Gasteiger partial charge in [-0.05, 0) is 6.92 Å². The van der Waals surface area contributed by atoms with Gasteiger partial charge in [0, 0.05) is 26.5 Å². The zero-order valence-electron chi connectivity index (χ0n) is 14.8. The number of thioether (sulfide) groups is 1. The highest BCUT2D eigenvalue weighted by atomic mass is 32.2. The van der Waals surface area contributed by atoms with Crippen molar-refractivity contribution in [1.82, 2.24) is 0 Å². The van der Waals surface area contributed by atoms with Crippen molar-refractivity contribution in [3.63, 3.8) is 0 Å². The molecule has 5 atom stereocenters. The molecule has 1 heterocycles. The molecular formula is C15H22O10S. The summed E-state index contributed by atoms with van der Waals surface area (Å²) >= 11 is 0.677. The molecule has 1 rings (SSSR count). The quantitative estimate of drug-likeness (QED) is 0.343. The number of aliphatic carboxylic acids is 1. The highest BCUT2D eigenvalue weighted by Gasteiger charge is 2.58. The fourth-order valence-corrected chi connectivity index (χ4v) is 3.58. The maximum Gasteiger partial charge on any atom is 0.304 e. The summed E-state index contributed by atoms with van der Waals surface area (Å²) in [7, 11) is 0. The summed E-state index contributed by atoms with van der Waals surface area (Å²) in [6, 6.07) is 0. The topological polar surface area (TPSA) is 146 Å². The maximum atomic E-state index is 11.5. The first-order chi connectivity index (χ1) is 12.0. The summed E-state index contributed by atoms with van der Waals surface area (Å²) in [5.41, 5.74) is 0. The van der Waals surface area contributed by atoms with E-state index in [1.165, 1.54) is 6.92 Å². The van der Waals surface area contributed by atoms with Crippen LogP contribution in [0.2, 0.25) is 0 Å². The Labute approximate surface area is 154 Å². The van der Waals surface area contributed by atoms with Gasteiger partial charge in [0.05, 0.1) is 12.5 Å². The fourth-order valence-electron chi connectivity index (χ4n) is 2.44. The molecule has 10 nitrogen and oxygen atoms in total. The number of carboxylic acid groups (broad SMARTS) is 1. The minimum atomic E-state index is -2.20. The van der Waals surface area contributed by atoms with E-state index in [0.717, 1.165) is 20.8 Å². The molecule has 0 bridgehead atoms. The minimum Gasteiger partial charge on any atom is -0.481 e. The van der Waals surface area contributed by atoms with Crippen LogP contribution in [0, 0.1) is 0 Å². The third kappa shape index (κ3) is 6.15. The number of rotatable bonds is 7. The number of hydrogen-bond donors (Lipinski definition) is 2. The molecule has 11 heteroatoms. The average Bonchev–Trinajstić information content (AvgIpc) is 2.45. The van der Waals surface area contributed by atoms with Gasteiger partial charge in [-0.15, -0.1) is 0 Å². The molecule has 0 saturated carbocycles. The molecule has 1 aliphatic heterocycles. The van der Waals surface area contributed by atoms with Gasteiger partial charge >= 0.3 is 23.9 Å². The molecule has 0 aromatic rings.